The minimum Gasteiger partial charge on any atom is -0.355 e. The van der Waals surface area contributed by atoms with Crippen LogP contribution in [0.25, 0.3) is 0 Å². The lowest BCUT2D eigenvalue weighted by Gasteiger charge is -2.32. The van der Waals surface area contributed by atoms with Crippen molar-refractivity contribution in [3.05, 3.63) is 21.8 Å². The summed E-state index contributed by atoms with van der Waals surface area (Å²) in [5.41, 5.74) is 0. The second kappa shape index (κ2) is 5.32. The number of anilines is 1. The van der Waals surface area contributed by atoms with Crippen LogP contribution in [0.1, 0.15) is 12.8 Å². The van der Waals surface area contributed by atoms with E-state index in [1.807, 2.05) is 6.07 Å². The summed E-state index contributed by atoms with van der Waals surface area (Å²) >= 11 is 9.28. The van der Waals surface area contributed by atoms with Gasteiger partial charge in [-0.1, -0.05) is 11.6 Å². The van der Waals surface area contributed by atoms with Crippen molar-refractivity contribution in [2.24, 2.45) is 5.92 Å². The second-order valence-electron chi connectivity index (χ2n) is 4.07. The summed E-state index contributed by atoms with van der Waals surface area (Å²) in [4.78, 5) is 6.41. The monoisotopic (exact) mass is 306 g/mol. The van der Waals surface area contributed by atoms with Crippen molar-refractivity contribution >= 4 is 33.3 Å². The molecule has 0 amide bonds. The molecule has 0 aliphatic carbocycles. The van der Waals surface area contributed by atoms with Gasteiger partial charge in [0.15, 0.2) is 0 Å². The number of halogens is 3. The maximum Gasteiger partial charge on any atom is 0.142 e. The summed E-state index contributed by atoms with van der Waals surface area (Å²) in [6.07, 6.45) is 3.62. The van der Waals surface area contributed by atoms with Crippen LogP contribution in [0, 0.1) is 5.92 Å². The van der Waals surface area contributed by atoms with Crippen LogP contribution in [0.15, 0.2) is 16.7 Å². The van der Waals surface area contributed by atoms with Gasteiger partial charge >= 0.3 is 0 Å². The van der Waals surface area contributed by atoms with Crippen molar-refractivity contribution in [3.8, 4) is 0 Å². The van der Waals surface area contributed by atoms with Crippen LogP contribution < -0.4 is 4.90 Å². The molecule has 1 atom stereocenters. The molecule has 16 heavy (non-hydrogen) atoms. The zero-order chi connectivity index (χ0) is 11.5. The first-order valence-corrected chi connectivity index (χ1v) is 6.49. The molecule has 0 radical (unpaired) electrons. The van der Waals surface area contributed by atoms with Gasteiger partial charge in [0, 0.05) is 25.2 Å². The van der Waals surface area contributed by atoms with Gasteiger partial charge < -0.3 is 4.90 Å². The molecule has 0 N–H and O–H groups in total. The van der Waals surface area contributed by atoms with Crippen molar-refractivity contribution < 1.29 is 4.39 Å². The van der Waals surface area contributed by atoms with Crippen LogP contribution in [-0.2, 0) is 0 Å². The fourth-order valence-electron chi connectivity index (χ4n) is 2.02. The van der Waals surface area contributed by atoms with E-state index in [0.717, 1.165) is 36.2 Å². The van der Waals surface area contributed by atoms with Crippen molar-refractivity contribution in [1.82, 2.24) is 4.98 Å². The predicted molar refractivity (Wildman–Crippen MR) is 67.9 cm³/mol. The minimum absolute atomic E-state index is 0.137. The highest BCUT2D eigenvalue weighted by Crippen LogP contribution is 2.29. The third-order valence-electron chi connectivity index (χ3n) is 2.83. The van der Waals surface area contributed by atoms with E-state index in [-0.39, 0.29) is 12.6 Å². The van der Waals surface area contributed by atoms with Crippen LogP contribution in [0.3, 0.4) is 0 Å². The Balaban J connectivity index is 2.16. The molecule has 1 aromatic rings. The minimum atomic E-state index is -0.248. The highest BCUT2D eigenvalue weighted by molar-refractivity contribution is 9.10. The molecule has 0 bridgehead atoms. The highest BCUT2D eigenvalue weighted by Gasteiger charge is 2.22. The molecule has 1 aliphatic heterocycles. The molecular weight excluding hydrogens is 294 g/mol. The summed E-state index contributed by atoms with van der Waals surface area (Å²) in [5.74, 6) is 1.00. The maximum absolute atomic E-state index is 12.7. The average molecular weight is 308 g/mol. The molecule has 88 valence electrons. The smallest absolute Gasteiger partial charge is 0.142 e. The number of rotatable bonds is 2. The summed E-state index contributed by atoms with van der Waals surface area (Å²) in [5, 5.41) is 0.606. The molecule has 1 fully saturated rings. The topological polar surface area (TPSA) is 16.1 Å². The Morgan fingerprint density at radius 3 is 3.12 bits per heavy atom. The largest absolute Gasteiger partial charge is 0.355 e. The van der Waals surface area contributed by atoms with Crippen LogP contribution in [0.4, 0.5) is 10.2 Å². The molecule has 1 saturated heterocycles. The molecule has 2 nitrogen and oxygen atoms in total. The van der Waals surface area contributed by atoms with E-state index < -0.39 is 0 Å². The summed E-state index contributed by atoms with van der Waals surface area (Å²) in [7, 11) is 0. The normalized spacial score (nSPS) is 21.2. The number of alkyl halides is 1. The molecule has 2 rings (SSSR count). The SMILES string of the molecule is FCC1CCCN(c2ncc(Cl)cc2Br)C1. The Bertz CT molecular complexity index is 375. The van der Waals surface area contributed by atoms with Crippen molar-refractivity contribution in [3.63, 3.8) is 0 Å². The van der Waals surface area contributed by atoms with E-state index in [2.05, 4.69) is 25.8 Å². The molecule has 0 saturated carbocycles. The lowest BCUT2D eigenvalue weighted by molar-refractivity contribution is 0.315. The summed E-state index contributed by atoms with van der Waals surface area (Å²) < 4.78 is 13.5. The zero-order valence-corrected chi connectivity index (χ0v) is 11.1. The van der Waals surface area contributed by atoms with Crippen molar-refractivity contribution in [2.45, 2.75) is 12.8 Å². The maximum atomic E-state index is 12.7. The van der Waals surface area contributed by atoms with Crippen molar-refractivity contribution in [1.29, 1.82) is 0 Å². The van der Waals surface area contributed by atoms with Gasteiger partial charge in [0.05, 0.1) is 16.2 Å². The Hall–Kier alpha value is -0.350. The van der Waals surface area contributed by atoms with Gasteiger partial charge in [-0.15, -0.1) is 0 Å². The standard InChI is InChI=1S/C11H13BrClFN2/c12-10-4-9(13)6-15-11(10)16-3-1-2-8(5-14)7-16/h4,6,8H,1-3,5,7H2. The van der Waals surface area contributed by atoms with Crippen LogP contribution in [0.2, 0.25) is 5.02 Å². The summed E-state index contributed by atoms with van der Waals surface area (Å²) in [6, 6.07) is 1.82. The first-order chi connectivity index (χ1) is 7.70. The summed E-state index contributed by atoms with van der Waals surface area (Å²) in [6.45, 7) is 1.43. The van der Waals surface area contributed by atoms with E-state index in [0.29, 0.717) is 5.02 Å². The van der Waals surface area contributed by atoms with Crippen LogP contribution >= 0.6 is 27.5 Å². The third-order valence-corrected chi connectivity index (χ3v) is 3.62. The van der Waals surface area contributed by atoms with E-state index in [1.165, 1.54) is 0 Å². The molecular formula is C11H13BrClFN2. The zero-order valence-electron chi connectivity index (χ0n) is 8.80. The van der Waals surface area contributed by atoms with Gasteiger partial charge in [0.1, 0.15) is 5.82 Å². The number of piperidine rings is 1. The quantitative estimate of drug-likeness (QED) is 0.828. The fourth-order valence-corrected chi connectivity index (χ4v) is 2.91. The van der Waals surface area contributed by atoms with E-state index in [1.54, 1.807) is 6.20 Å². The number of nitrogens with zero attached hydrogens (tertiary/aromatic N) is 2. The molecule has 1 unspecified atom stereocenters. The van der Waals surface area contributed by atoms with Gasteiger partial charge in [0.2, 0.25) is 0 Å². The molecule has 2 heterocycles. The number of pyridine rings is 1. The van der Waals surface area contributed by atoms with Crippen molar-refractivity contribution in [2.75, 3.05) is 24.7 Å². The Morgan fingerprint density at radius 2 is 2.44 bits per heavy atom. The number of hydrogen-bond acceptors (Lipinski definition) is 2. The van der Waals surface area contributed by atoms with Crippen LogP contribution in [0.5, 0.6) is 0 Å². The molecule has 1 aromatic heterocycles. The molecule has 0 aromatic carbocycles. The first-order valence-electron chi connectivity index (χ1n) is 5.32. The number of hydrogen-bond donors (Lipinski definition) is 0. The average Bonchev–Trinajstić information content (AvgIpc) is 2.29. The molecule has 1 aliphatic rings. The van der Waals surface area contributed by atoms with E-state index in [9.17, 15) is 4.39 Å². The molecule has 5 heteroatoms. The van der Waals surface area contributed by atoms with Gasteiger partial charge in [-0.3, -0.25) is 4.39 Å². The Labute approximate surface area is 108 Å². The highest BCUT2D eigenvalue weighted by atomic mass is 79.9. The first kappa shape index (κ1) is 12.1. The van der Waals surface area contributed by atoms with Gasteiger partial charge in [-0.05, 0) is 34.8 Å². The molecule has 0 spiro atoms. The second-order valence-corrected chi connectivity index (χ2v) is 5.36. The number of aromatic nitrogens is 1. The van der Waals surface area contributed by atoms with E-state index in [4.69, 9.17) is 11.6 Å². The Morgan fingerprint density at radius 1 is 1.62 bits per heavy atom. The van der Waals surface area contributed by atoms with Gasteiger partial charge in [-0.2, -0.15) is 0 Å². The van der Waals surface area contributed by atoms with E-state index >= 15 is 0 Å². The fraction of sp³-hybridized carbons (Fsp3) is 0.545. The Kier molecular flexibility index (Phi) is 4.03. The van der Waals surface area contributed by atoms with Gasteiger partial charge in [0.25, 0.3) is 0 Å². The predicted octanol–water partition coefficient (Wildman–Crippen LogP) is 3.68. The third kappa shape index (κ3) is 2.66. The van der Waals surface area contributed by atoms with Crippen LogP contribution in [-0.4, -0.2) is 24.7 Å². The lowest BCUT2D eigenvalue weighted by Crippen LogP contribution is -2.36. The van der Waals surface area contributed by atoms with Gasteiger partial charge in [-0.25, -0.2) is 4.98 Å². The lowest BCUT2D eigenvalue weighted by atomic mass is 9.99.